The fraction of sp³-hybridized carbons (Fsp3) is 0.950. The summed E-state index contributed by atoms with van der Waals surface area (Å²) in [5.74, 6) is 0. The van der Waals surface area contributed by atoms with Gasteiger partial charge < -0.3 is 9.80 Å². The first kappa shape index (κ1) is 39.4. The molecule has 1 unspecified atom stereocenters. The summed E-state index contributed by atoms with van der Waals surface area (Å²) in [6.07, 6.45) is 51.4. The zero-order valence-corrected chi connectivity index (χ0v) is 29.7. The van der Waals surface area contributed by atoms with Gasteiger partial charge >= 0.3 is 0 Å². The van der Waals surface area contributed by atoms with Crippen molar-refractivity contribution in [2.24, 2.45) is 0 Å². The molecule has 0 fully saturated rings. The minimum absolute atomic E-state index is 0.641. The van der Waals surface area contributed by atoms with E-state index in [1.807, 2.05) is 0 Å². The van der Waals surface area contributed by atoms with Gasteiger partial charge in [0.2, 0.25) is 0 Å². The first-order valence-electron chi connectivity index (χ1n) is 20.0. The van der Waals surface area contributed by atoms with Crippen molar-refractivity contribution in [1.29, 1.82) is 0 Å². The van der Waals surface area contributed by atoms with Crippen molar-refractivity contribution in [2.75, 3.05) is 13.1 Å². The molecular weight excluding hydrogens is 508 g/mol. The van der Waals surface area contributed by atoms with E-state index in [4.69, 9.17) is 0 Å². The number of rotatable bonds is 34. The molecule has 0 saturated heterocycles. The van der Waals surface area contributed by atoms with Crippen molar-refractivity contribution in [3.8, 4) is 0 Å². The summed E-state index contributed by atoms with van der Waals surface area (Å²) in [4.78, 5) is 5.41. The minimum atomic E-state index is 0.641. The zero-order valence-electron chi connectivity index (χ0n) is 29.7. The molecule has 0 aromatic rings. The maximum Gasteiger partial charge on any atom is 0.101 e. The van der Waals surface area contributed by atoms with Crippen LogP contribution in [0.5, 0.6) is 0 Å². The Bertz CT molecular complexity index is 544. The van der Waals surface area contributed by atoms with Crippen LogP contribution in [-0.2, 0) is 0 Å². The third-order valence-corrected chi connectivity index (χ3v) is 9.82. The smallest absolute Gasteiger partial charge is 0.101 e. The molecule has 250 valence electrons. The lowest BCUT2D eigenvalue weighted by atomic mass is 10.0. The van der Waals surface area contributed by atoms with Gasteiger partial charge in [-0.3, -0.25) is 0 Å². The Balaban J connectivity index is 2.10. The predicted octanol–water partition coefficient (Wildman–Crippen LogP) is 13.9. The highest BCUT2D eigenvalue weighted by Crippen LogP contribution is 2.24. The summed E-state index contributed by atoms with van der Waals surface area (Å²) in [5, 5.41) is 0. The van der Waals surface area contributed by atoms with Crippen LogP contribution in [0, 0.1) is 0 Å². The Hall–Kier alpha value is -0.660. The molecule has 1 aliphatic heterocycles. The minimum Gasteiger partial charge on any atom is -0.356 e. The van der Waals surface area contributed by atoms with E-state index in [0.29, 0.717) is 6.17 Å². The van der Waals surface area contributed by atoms with Crippen molar-refractivity contribution < 1.29 is 0 Å². The molecule has 0 aromatic carbocycles. The van der Waals surface area contributed by atoms with Crippen LogP contribution in [0.15, 0.2) is 12.4 Å². The Kier molecular flexibility index (Phi) is 29.8. The molecule has 0 spiro atoms. The van der Waals surface area contributed by atoms with Gasteiger partial charge in [0.1, 0.15) is 6.17 Å². The SMILES string of the molecule is CCCCCCCCCCCCCCCCCCCN1C=CN(CCCCCCC)C1CCCCCCCCCCC. The van der Waals surface area contributed by atoms with Crippen LogP contribution in [0.3, 0.4) is 0 Å². The van der Waals surface area contributed by atoms with Crippen LogP contribution in [0.1, 0.15) is 226 Å². The van der Waals surface area contributed by atoms with Crippen LogP contribution >= 0.6 is 0 Å². The van der Waals surface area contributed by atoms with Crippen LogP contribution in [0.25, 0.3) is 0 Å². The summed E-state index contributed by atoms with van der Waals surface area (Å²) in [7, 11) is 0. The average molecular weight is 589 g/mol. The Morgan fingerprint density at radius 2 is 0.548 bits per heavy atom. The Morgan fingerprint density at radius 1 is 0.310 bits per heavy atom. The van der Waals surface area contributed by atoms with E-state index in [-0.39, 0.29) is 0 Å². The predicted molar refractivity (Wildman–Crippen MR) is 191 cm³/mol. The normalized spacial score (nSPS) is 15.0. The van der Waals surface area contributed by atoms with Crippen molar-refractivity contribution in [3.63, 3.8) is 0 Å². The zero-order chi connectivity index (χ0) is 30.2. The van der Waals surface area contributed by atoms with E-state index in [0.717, 1.165) is 0 Å². The van der Waals surface area contributed by atoms with Gasteiger partial charge in [-0.25, -0.2) is 0 Å². The monoisotopic (exact) mass is 589 g/mol. The van der Waals surface area contributed by atoms with Crippen molar-refractivity contribution in [2.45, 2.75) is 232 Å². The van der Waals surface area contributed by atoms with Crippen molar-refractivity contribution in [3.05, 3.63) is 12.4 Å². The molecule has 0 radical (unpaired) electrons. The number of hydrogen-bond acceptors (Lipinski definition) is 2. The van der Waals surface area contributed by atoms with Gasteiger partial charge in [0.25, 0.3) is 0 Å². The maximum atomic E-state index is 2.71. The lowest BCUT2D eigenvalue weighted by Gasteiger charge is -2.33. The Morgan fingerprint density at radius 3 is 0.833 bits per heavy atom. The van der Waals surface area contributed by atoms with Gasteiger partial charge in [-0.2, -0.15) is 0 Å². The molecule has 2 heteroatoms. The van der Waals surface area contributed by atoms with Gasteiger partial charge in [0.15, 0.2) is 0 Å². The molecule has 1 rings (SSSR count). The third-order valence-electron chi connectivity index (χ3n) is 9.82. The second-order valence-corrected chi connectivity index (χ2v) is 13.9. The highest BCUT2D eigenvalue weighted by atomic mass is 15.4. The number of nitrogens with zero attached hydrogens (tertiary/aromatic N) is 2. The lowest BCUT2D eigenvalue weighted by Crippen LogP contribution is -2.39. The van der Waals surface area contributed by atoms with Crippen LogP contribution in [0.2, 0.25) is 0 Å². The first-order chi connectivity index (χ1) is 20.8. The van der Waals surface area contributed by atoms with Crippen LogP contribution < -0.4 is 0 Å². The van der Waals surface area contributed by atoms with Crippen LogP contribution in [-0.4, -0.2) is 29.1 Å². The number of hydrogen-bond donors (Lipinski definition) is 0. The summed E-state index contributed by atoms with van der Waals surface area (Å²) in [6.45, 7) is 9.48. The number of unbranched alkanes of at least 4 members (excludes halogenated alkanes) is 28. The van der Waals surface area contributed by atoms with Crippen molar-refractivity contribution in [1.82, 2.24) is 9.80 Å². The molecule has 1 heterocycles. The van der Waals surface area contributed by atoms with Gasteiger partial charge in [0.05, 0.1) is 0 Å². The molecular formula is C40H80N2. The molecule has 2 nitrogen and oxygen atoms in total. The second kappa shape index (κ2) is 31.8. The van der Waals surface area contributed by atoms with E-state index in [9.17, 15) is 0 Å². The molecule has 42 heavy (non-hydrogen) atoms. The van der Waals surface area contributed by atoms with E-state index in [2.05, 4.69) is 43.0 Å². The van der Waals surface area contributed by atoms with Gasteiger partial charge in [-0.1, -0.05) is 201 Å². The third kappa shape index (κ3) is 23.8. The highest BCUT2D eigenvalue weighted by molar-refractivity contribution is 4.97. The molecule has 1 aliphatic rings. The van der Waals surface area contributed by atoms with E-state index >= 15 is 0 Å². The largest absolute Gasteiger partial charge is 0.356 e. The topological polar surface area (TPSA) is 6.48 Å². The summed E-state index contributed by atoms with van der Waals surface area (Å²) in [6, 6.07) is 0. The van der Waals surface area contributed by atoms with E-state index in [1.165, 1.54) is 219 Å². The quantitative estimate of drug-likeness (QED) is 0.0690. The van der Waals surface area contributed by atoms with E-state index in [1.54, 1.807) is 0 Å². The van der Waals surface area contributed by atoms with Gasteiger partial charge in [0, 0.05) is 25.5 Å². The summed E-state index contributed by atoms with van der Waals surface area (Å²) < 4.78 is 0. The van der Waals surface area contributed by atoms with Crippen molar-refractivity contribution >= 4 is 0 Å². The fourth-order valence-electron chi connectivity index (χ4n) is 6.89. The molecule has 0 aliphatic carbocycles. The first-order valence-corrected chi connectivity index (χ1v) is 20.0. The van der Waals surface area contributed by atoms with Crippen LogP contribution in [0.4, 0.5) is 0 Å². The maximum absolute atomic E-state index is 2.71. The van der Waals surface area contributed by atoms with E-state index < -0.39 is 0 Å². The summed E-state index contributed by atoms with van der Waals surface area (Å²) in [5.41, 5.74) is 0. The molecule has 0 N–H and O–H groups in total. The highest BCUT2D eigenvalue weighted by Gasteiger charge is 2.24. The Labute approximate surface area is 267 Å². The molecule has 0 amide bonds. The molecule has 0 aromatic heterocycles. The fourth-order valence-corrected chi connectivity index (χ4v) is 6.89. The molecule has 0 saturated carbocycles. The molecule has 1 atom stereocenters. The summed E-state index contributed by atoms with van der Waals surface area (Å²) >= 11 is 0. The van der Waals surface area contributed by atoms with Gasteiger partial charge in [-0.05, 0) is 25.7 Å². The average Bonchev–Trinajstić information content (AvgIpc) is 3.38. The second-order valence-electron chi connectivity index (χ2n) is 13.9. The standard InChI is InChI=1S/C40H80N2/c1-4-7-10-13-15-17-18-19-20-21-22-23-24-26-28-31-34-37-42-39-38-41(36-33-30-12-9-6-3)40(42)35-32-29-27-25-16-14-11-8-5-2/h38-40H,4-37H2,1-3H3. The lowest BCUT2D eigenvalue weighted by molar-refractivity contribution is 0.135. The molecule has 0 bridgehead atoms. The van der Waals surface area contributed by atoms with Gasteiger partial charge in [-0.15, -0.1) is 0 Å².